The van der Waals surface area contributed by atoms with Gasteiger partial charge in [0, 0.05) is 29.9 Å². The van der Waals surface area contributed by atoms with Crippen LogP contribution in [0.4, 0.5) is 8.78 Å². The van der Waals surface area contributed by atoms with Gasteiger partial charge in [0.1, 0.15) is 0 Å². The number of carboxylic acid groups (broad SMARTS) is 1. The Hall–Kier alpha value is -3.29. The van der Waals surface area contributed by atoms with Gasteiger partial charge in [-0.05, 0) is 51.5 Å². The first kappa shape index (κ1) is 23.4. The highest BCUT2D eigenvalue weighted by Crippen LogP contribution is 2.46. The molecule has 170 valence electrons. The maximum absolute atomic E-state index is 15.0. The van der Waals surface area contributed by atoms with Gasteiger partial charge in [-0.2, -0.15) is 0 Å². The molecule has 1 aromatic heterocycles. The van der Waals surface area contributed by atoms with E-state index in [1.54, 1.807) is 52.1 Å². The molecule has 2 N–H and O–H groups in total. The van der Waals surface area contributed by atoms with Gasteiger partial charge in [-0.1, -0.05) is 18.2 Å². The molecule has 2 aromatic rings. The van der Waals surface area contributed by atoms with E-state index in [9.17, 15) is 23.5 Å². The van der Waals surface area contributed by atoms with Crippen LogP contribution < -0.4 is 5.32 Å². The zero-order valence-electron chi connectivity index (χ0n) is 18.4. The SMILES string of the molecule is CC1=C(C(=O)O)C(c2cccc(F)c2F)C(C(=O)OC(C)C)C(C)(Cc2ccccn2)N1. The summed E-state index contributed by atoms with van der Waals surface area (Å²) in [6, 6.07) is 8.88. The molecule has 0 bridgehead atoms. The number of nitrogens with one attached hydrogen (secondary N) is 1. The minimum Gasteiger partial charge on any atom is -0.478 e. The number of hydrogen-bond donors (Lipinski definition) is 2. The number of carboxylic acids is 1. The van der Waals surface area contributed by atoms with Crippen molar-refractivity contribution in [1.82, 2.24) is 10.3 Å². The first-order valence-electron chi connectivity index (χ1n) is 10.3. The quantitative estimate of drug-likeness (QED) is 0.656. The second-order valence-corrected chi connectivity index (χ2v) is 8.47. The Labute approximate surface area is 185 Å². The van der Waals surface area contributed by atoms with Crippen LogP contribution in [0, 0.1) is 17.6 Å². The molecular weight excluding hydrogens is 418 g/mol. The van der Waals surface area contributed by atoms with Gasteiger partial charge in [0.2, 0.25) is 0 Å². The van der Waals surface area contributed by atoms with E-state index in [2.05, 4.69) is 10.3 Å². The molecule has 0 saturated carbocycles. The molecule has 3 atom stereocenters. The molecule has 2 heterocycles. The van der Waals surface area contributed by atoms with Crippen LogP contribution in [0.15, 0.2) is 53.9 Å². The Kier molecular flexibility index (Phi) is 6.62. The number of halogens is 2. The Balaban J connectivity index is 2.26. The van der Waals surface area contributed by atoms with E-state index in [-0.39, 0.29) is 23.3 Å². The first-order chi connectivity index (χ1) is 15.0. The van der Waals surface area contributed by atoms with Gasteiger partial charge in [-0.15, -0.1) is 0 Å². The molecule has 0 aliphatic carbocycles. The van der Waals surface area contributed by atoms with Crippen LogP contribution in [0.5, 0.6) is 0 Å². The number of nitrogens with zero attached hydrogens (tertiary/aromatic N) is 1. The third-order valence-corrected chi connectivity index (χ3v) is 5.64. The summed E-state index contributed by atoms with van der Waals surface area (Å²) < 4.78 is 34.6. The molecule has 6 nitrogen and oxygen atoms in total. The second-order valence-electron chi connectivity index (χ2n) is 8.47. The number of pyridine rings is 1. The van der Waals surface area contributed by atoms with Gasteiger partial charge in [0.15, 0.2) is 11.6 Å². The van der Waals surface area contributed by atoms with E-state index in [0.717, 1.165) is 6.07 Å². The number of carbonyl (C=O) groups is 2. The fourth-order valence-corrected chi connectivity index (χ4v) is 4.47. The third-order valence-electron chi connectivity index (χ3n) is 5.64. The molecule has 32 heavy (non-hydrogen) atoms. The van der Waals surface area contributed by atoms with Crippen molar-refractivity contribution in [2.45, 2.75) is 51.7 Å². The summed E-state index contributed by atoms with van der Waals surface area (Å²) in [7, 11) is 0. The van der Waals surface area contributed by atoms with E-state index in [0.29, 0.717) is 5.69 Å². The van der Waals surface area contributed by atoms with Gasteiger partial charge in [0.25, 0.3) is 0 Å². The highest BCUT2D eigenvalue weighted by Gasteiger charge is 2.53. The Morgan fingerprint density at radius 3 is 2.53 bits per heavy atom. The molecule has 3 unspecified atom stereocenters. The lowest BCUT2D eigenvalue weighted by atomic mass is 9.65. The summed E-state index contributed by atoms with van der Waals surface area (Å²) in [5.41, 5.74) is -0.597. The maximum Gasteiger partial charge on any atom is 0.333 e. The molecule has 1 aliphatic rings. The summed E-state index contributed by atoms with van der Waals surface area (Å²) in [6.07, 6.45) is 1.35. The van der Waals surface area contributed by atoms with Crippen molar-refractivity contribution in [3.63, 3.8) is 0 Å². The average Bonchev–Trinajstić information content (AvgIpc) is 2.69. The van der Waals surface area contributed by atoms with Crippen LogP contribution in [-0.4, -0.2) is 33.7 Å². The Bertz CT molecular complexity index is 1060. The fraction of sp³-hybridized carbons (Fsp3) is 0.375. The molecule has 8 heteroatoms. The zero-order chi connectivity index (χ0) is 23.6. The molecule has 1 aliphatic heterocycles. The lowest BCUT2D eigenvalue weighted by Crippen LogP contribution is -2.59. The van der Waals surface area contributed by atoms with Gasteiger partial charge in [-0.25, -0.2) is 13.6 Å². The molecule has 0 spiro atoms. The highest BCUT2D eigenvalue weighted by molar-refractivity contribution is 5.92. The molecular formula is C24H26F2N2O4. The van der Waals surface area contributed by atoms with Crippen LogP contribution in [0.3, 0.4) is 0 Å². The molecule has 1 aromatic carbocycles. The first-order valence-corrected chi connectivity index (χ1v) is 10.3. The molecule has 0 fully saturated rings. The number of aromatic nitrogens is 1. The monoisotopic (exact) mass is 444 g/mol. The zero-order valence-corrected chi connectivity index (χ0v) is 18.4. The van der Waals surface area contributed by atoms with E-state index in [1.807, 2.05) is 0 Å². The van der Waals surface area contributed by atoms with E-state index >= 15 is 0 Å². The van der Waals surface area contributed by atoms with Crippen LogP contribution in [0.25, 0.3) is 0 Å². The summed E-state index contributed by atoms with van der Waals surface area (Å²) in [4.78, 5) is 29.9. The number of allylic oxidation sites excluding steroid dienone is 1. The van der Waals surface area contributed by atoms with Crippen molar-refractivity contribution >= 4 is 11.9 Å². The van der Waals surface area contributed by atoms with Crippen molar-refractivity contribution in [3.05, 3.63) is 76.8 Å². The Morgan fingerprint density at radius 1 is 1.22 bits per heavy atom. The normalized spacial score (nSPS) is 23.1. The number of benzene rings is 1. The summed E-state index contributed by atoms with van der Waals surface area (Å²) in [5.74, 6) is -6.78. The van der Waals surface area contributed by atoms with Gasteiger partial charge in [0.05, 0.1) is 23.1 Å². The summed E-state index contributed by atoms with van der Waals surface area (Å²) in [5, 5.41) is 13.1. The maximum atomic E-state index is 15.0. The number of esters is 1. The van der Waals surface area contributed by atoms with Crippen molar-refractivity contribution in [3.8, 4) is 0 Å². The van der Waals surface area contributed by atoms with Crippen LogP contribution >= 0.6 is 0 Å². The van der Waals surface area contributed by atoms with Crippen molar-refractivity contribution in [1.29, 1.82) is 0 Å². The highest BCUT2D eigenvalue weighted by atomic mass is 19.2. The molecule has 0 saturated heterocycles. The van der Waals surface area contributed by atoms with E-state index < -0.39 is 47.1 Å². The molecule has 3 rings (SSSR count). The topological polar surface area (TPSA) is 88.5 Å². The molecule has 0 radical (unpaired) electrons. The summed E-state index contributed by atoms with van der Waals surface area (Å²) >= 11 is 0. The minimum atomic E-state index is -1.33. The predicted octanol–water partition coefficient (Wildman–Crippen LogP) is 3.97. The second kappa shape index (κ2) is 9.06. The lowest BCUT2D eigenvalue weighted by molar-refractivity contribution is -0.156. The average molecular weight is 444 g/mol. The van der Waals surface area contributed by atoms with Crippen molar-refractivity contribution < 1.29 is 28.2 Å². The fourth-order valence-electron chi connectivity index (χ4n) is 4.47. The van der Waals surface area contributed by atoms with E-state index in [1.165, 1.54) is 12.1 Å². The van der Waals surface area contributed by atoms with Crippen molar-refractivity contribution in [2.24, 2.45) is 5.92 Å². The van der Waals surface area contributed by atoms with E-state index in [4.69, 9.17) is 4.74 Å². The van der Waals surface area contributed by atoms with Gasteiger partial charge >= 0.3 is 11.9 Å². The third kappa shape index (κ3) is 4.49. The largest absolute Gasteiger partial charge is 0.478 e. The Morgan fingerprint density at radius 2 is 1.94 bits per heavy atom. The number of ether oxygens (including phenoxy) is 1. The van der Waals surface area contributed by atoms with Gasteiger partial charge in [-0.3, -0.25) is 9.78 Å². The van der Waals surface area contributed by atoms with Gasteiger partial charge < -0.3 is 15.2 Å². The summed E-state index contributed by atoms with van der Waals surface area (Å²) in [6.45, 7) is 6.62. The predicted molar refractivity (Wildman–Crippen MR) is 114 cm³/mol. The number of rotatable bonds is 6. The lowest BCUT2D eigenvalue weighted by Gasteiger charge is -2.46. The van der Waals surface area contributed by atoms with Crippen LogP contribution in [0.2, 0.25) is 0 Å². The molecule has 0 amide bonds. The smallest absolute Gasteiger partial charge is 0.333 e. The van der Waals surface area contributed by atoms with Crippen LogP contribution in [0.1, 0.15) is 44.9 Å². The number of aliphatic carboxylic acids is 1. The minimum absolute atomic E-state index is 0.207. The van der Waals surface area contributed by atoms with Crippen molar-refractivity contribution in [2.75, 3.05) is 0 Å². The number of hydrogen-bond acceptors (Lipinski definition) is 5. The number of carbonyl (C=O) groups excluding carboxylic acids is 1. The van der Waals surface area contributed by atoms with Crippen LogP contribution in [-0.2, 0) is 20.7 Å². The standard InChI is InChI=1S/C24H26F2N2O4/c1-13(2)32-23(31)20-19(16-9-7-10-17(25)21(16)26)18(22(29)30)14(3)28-24(20,4)12-15-8-5-6-11-27-15/h5-11,13,19-20,28H,12H2,1-4H3,(H,29,30).